The lowest BCUT2D eigenvalue weighted by molar-refractivity contribution is 0.0658. The smallest absolute Gasteiger partial charge is 0.276 e. The van der Waals surface area contributed by atoms with Gasteiger partial charge in [-0.25, -0.2) is 0 Å². The first kappa shape index (κ1) is 17.2. The summed E-state index contributed by atoms with van der Waals surface area (Å²) in [5, 5.41) is 8.09. The summed E-state index contributed by atoms with van der Waals surface area (Å²) in [5.74, 6) is 2.87. The van der Waals surface area contributed by atoms with Crippen molar-refractivity contribution >= 4 is 5.91 Å². The number of hydrogen-bond donors (Lipinski definition) is 0. The summed E-state index contributed by atoms with van der Waals surface area (Å²) >= 11 is 0. The number of likely N-dealkylation sites (tertiary alicyclic amines) is 1. The summed E-state index contributed by atoms with van der Waals surface area (Å²) in [6.07, 6.45) is 5.06. The van der Waals surface area contributed by atoms with E-state index < -0.39 is 0 Å². The van der Waals surface area contributed by atoms with Crippen LogP contribution in [0.4, 0.5) is 0 Å². The van der Waals surface area contributed by atoms with E-state index in [9.17, 15) is 4.79 Å². The monoisotopic (exact) mass is 378 g/mol. The highest BCUT2D eigenvalue weighted by atomic mass is 16.5. The zero-order chi connectivity index (χ0) is 18.9. The Kier molecular flexibility index (Phi) is 4.43. The Balaban J connectivity index is 1.24. The molecule has 0 N–H and O–H groups in total. The molecule has 144 valence electrons. The number of carbonyl (C=O) groups excluding carboxylic acids is 1. The fourth-order valence-electron chi connectivity index (χ4n) is 3.80. The second-order valence-corrected chi connectivity index (χ2v) is 7.73. The van der Waals surface area contributed by atoms with Crippen molar-refractivity contribution in [3.05, 3.63) is 53.8 Å². The largest absolute Gasteiger partial charge is 0.355 e. The van der Waals surface area contributed by atoms with Crippen molar-refractivity contribution in [2.75, 3.05) is 13.1 Å². The second kappa shape index (κ2) is 7.22. The van der Waals surface area contributed by atoms with E-state index in [0.29, 0.717) is 35.7 Å². The molecular weight excluding hydrogens is 356 g/mol. The van der Waals surface area contributed by atoms with Crippen molar-refractivity contribution in [1.82, 2.24) is 20.2 Å². The second-order valence-electron chi connectivity index (χ2n) is 7.73. The van der Waals surface area contributed by atoms with E-state index in [4.69, 9.17) is 9.05 Å². The predicted octanol–water partition coefficient (Wildman–Crippen LogP) is 3.70. The molecule has 1 saturated carbocycles. The van der Waals surface area contributed by atoms with E-state index in [0.717, 1.165) is 50.0 Å². The van der Waals surface area contributed by atoms with Gasteiger partial charge in [0, 0.05) is 37.1 Å². The Hall–Kier alpha value is -2.96. The molecule has 7 heteroatoms. The molecule has 1 aliphatic heterocycles. The molecule has 2 aliphatic rings. The lowest BCUT2D eigenvalue weighted by atomic mass is 9.94. The van der Waals surface area contributed by atoms with Gasteiger partial charge in [0.25, 0.3) is 5.91 Å². The van der Waals surface area contributed by atoms with Gasteiger partial charge in [-0.15, -0.1) is 0 Å². The molecule has 0 radical (unpaired) electrons. The van der Waals surface area contributed by atoms with Crippen molar-refractivity contribution in [3.8, 4) is 11.3 Å². The van der Waals surface area contributed by atoms with Crippen molar-refractivity contribution < 1.29 is 13.8 Å². The Labute approximate surface area is 162 Å². The van der Waals surface area contributed by atoms with Gasteiger partial charge in [-0.3, -0.25) is 4.79 Å². The summed E-state index contributed by atoms with van der Waals surface area (Å²) in [5.41, 5.74) is 1.27. The first-order chi connectivity index (χ1) is 13.8. The number of hydrogen-bond acceptors (Lipinski definition) is 6. The molecule has 3 heterocycles. The van der Waals surface area contributed by atoms with Gasteiger partial charge < -0.3 is 13.9 Å². The van der Waals surface area contributed by atoms with E-state index in [-0.39, 0.29) is 5.91 Å². The minimum Gasteiger partial charge on any atom is -0.355 e. The normalized spacial score (nSPS) is 19.7. The van der Waals surface area contributed by atoms with Crippen molar-refractivity contribution in [1.29, 1.82) is 0 Å². The van der Waals surface area contributed by atoms with Crippen LogP contribution < -0.4 is 0 Å². The van der Waals surface area contributed by atoms with Gasteiger partial charge in [0.2, 0.25) is 5.89 Å². The number of aromatic nitrogens is 3. The summed E-state index contributed by atoms with van der Waals surface area (Å²) in [6.45, 7) is 1.41. The fraction of sp³-hybridized carbons (Fsp3) is 0.429. The van der Waals surface area contributed by atoms with Crippen LogP contribution in [-0.4, -0.2) is 39.2 Å². The third-order valence-electron chi connectivity index (χ3n) is 5.48. The predicted molar refractivity (Wildman–Crippen MR) is 101 cm³/mol. The number of benzene rings is 1. The van der Waals surface area contributed by atoms with Crippen molar-refractivity contribution in [3.63, 3.8) is 0 Å². The van der Waals surface area contributed by atoms with Crippen LogP contribution in [-0.2, 0) is 6.42 Å². The van der Waals surface area contributed by atoms with Gasteiger partial charge in [-0.05, 0) is 31.6 Å². The summed E-state index contributed by atoms with van der Waals surface area (Å²) < 4.78 is 10.8. The molecule has 0 spiro atoms. The maximum Gasteiger partial charge on any atom is 0.276 e. The zero-order valence-electron chi connectivity index (χ0n) is 15.6. The first-order valence-electron chi connectivity index (χ1n) is 9.90. The molecule has 1 unspecified atom stereocenters. The number of carbonyl (C=O) groups is 1. The molecule has 1 amide bonds. The van der Waals surface area contributed by atoms with Gasteiger partial charge in [0.15, 0.2) is 17.3 Å². The summed E-state index contributed by atoms with van der Waals surface area (Å²) in [4.78, 5) is 19.3. The van der Waals surface area contributed by atoms with Crippen molar-refractivity contribution in [2.45, 2.75) is 38.0 Å². The van der Waals surface area contributed by atoms with Crippen LogP contribution >= 0.6 is 0 Å². The molecule has 2 fully saturated rings. The molecule has 7 nitrogen and oxygen atoms in total. The van der Waals surface area contributed by atoms with Crippen LogP contribution in [0.1, 0.15) is 53.8 Å². The molecule has 2 aromatic heterocycles. The molecule has 1 saturated heterocycles. The van der Waals surface area contributed by atoms with Gasteiger partial charge >= 0.3 is 0 Å². The highest BCUT2D eigenvalue weighted by Gasteiger charge is 2.31. The van der Waals surface area contributed by atoms with E-state index in [1.165, 1.54) is 0 Å². The van der Waals surface area contributed by atoms with E-state index in [1.807, 2.05) is 35.2 Å². The number of piperidine rings is 1. The maximum atomic E-state index is 12.9. The third-order valence-corrected chi connectivity index (χ3v) is 5.48. The molecule has 1 aromatic carbocycles. The van der Waals surface area contributed by atoms with Crippen molar-refractivity contribution in [2.24, 2.45) is 5.92 Å². The molecule has 5 rings (SSSR count). The highest BCUT2D eigenvalue weighted by Crippen LogP contribution is 2.38. The average molecular weight is 378 g/mol. The minimum absolute atomic E-state index is 0.0835. The molecule has 3 aromatic rings. The molecule has 28 heavy (non-hydrogen) atoms. The van der Waals surface area contributed by atoms with Crippen LogP contribution in [0.2, 0.25) is 0 Å². The van der Waals surface area contributed by atoms with Crippen LogP contribution in [0.5, 0.6) is 0 Å². The summed E-state index contributed by atoms with van der Waals surface area (Å²) in [7, 11) is 0. The standard InChI is InChI=1S/C21H22N4O3/c26-21(17-12-18(27-23-17)15-6-2-1-3-7-15)25-10-4-5-14(13-25)11-19-22-20(24-28-19)16-8-9-16/h1-3,6-7,12,14,16H,4-5,8-11,13H2. The molecule has 1 atom stereocenters. The zero-order valence-corrected chi connectivity index (χ0v) is 15.6. The van der Waals surface area contributed by atoms with E-state index >= 15 is 0 Å². The van der Waals surface area contributed by atoms with Crippen LogP contribution in [0.15, 0.2) is 45.4 Å². The Bertz CT molecular complexity index is 961. The highest BCUT2D eigenvalue weighted by molar-refractivity contribution is 5.93. The first-order valence-corrected chi connectivity index (χ1v) is 9.90. The quantitative estimate of drug-likeness (QED) is 0.673. The molecule has 0 bridgehead atoms. The lowest BCUT2D eigenvalue weighted by Gasteiger charge is -2.31. The minimum atomic E-state index is -0.0835. The average Bonchev–Trinajstić information content (AvgIpc) is 3.28. The molecular formula is C21H22N4O3. The topological polar surface area (TPSA) is 85.3 Å². The third kappa shape index (κ3) is 3.56. The molecule has 1 aliphatic carbocycles. The van der Waals surface area contributed by atoms with Crippen LogP contribution in [0.25, 0.3) is 11.3 Å². The SMILES string of the molecule is O=C(c1cc(-c2ccccc2)on1)N1CCCC(Cc2nc(C3CC3)no2)C1. The fourth-order valence-corrected chi connectivity index (χ4v) is 3.80. The Morgan fingerprint density at radius 2 is 1.96 bits per heavy atom. The lowest BCUT2D eigenvalue weighted by Crippen LogP contribution is -2.40. The van der Waals surface area contributed by atoms with E-state index in [2.05, 4.69) is 15.3 Å². The van der Waals surface area contributed by atoms with Gasteiger partial charge in [-0.2, -0.15) is 4.98 Å². The number of rotatable bonds is 5. The number of nitrogens with zero attached hydrogens (tertiary/aromatic N) is 4. The Morgan fingerprint density at radius 3 is 2.79 bits per heavy atom. The van der Waals surface area contributed by atoms with Crippen LogP contribution in [0.3, 0.4) is 0 Å². The van der Waals surface area contributed by atoms with Gasteiger partial charge in [0.1, 0.15) is 0 Å². The Morgan fingerprint density at radius 1 is 1.11 bits per heavy atom. The maximum absolute atomic E-state index is 12.9. The van der Waals surface area contributed by atoms with E-state index in [1.54, 1.807) is 6.07 Å². The summed E-state index contributed by atoms with van der Waals surface area (Å²) in [6, 6.07) is 11.4. The van der Waals surface area contributed by atoms with Gasteiger partial charge in [-0.1, -0.05) is 40.6 Å². The van der Waals surface area contributed by atoms with Crippen LogP contribution in [0, 0.1) is 5.92 Å². The number of amides is 1. The van der Waals surface area contributed by atoms with Gasteiger partial charge in [0.05, 0.1) is 0 Å².